The van der Waals surface area contributed by atoms with Gasteiger partial charge in [-0.2, -0.15) is 0 Å². The van der Waals surface area contributed by atoms with Crippen molar-refractivity contribution < 1.29 is 4.21 Å². The maximum atomic E-state index is 12.5. The fraction of sp³-hybridized carbons (Fsp3) is 0.200. The molecule has 2 aromatic rings. The van der Waals surface area contributed by atoms with Crippen LogP contribution in [0.2, 0.25) is 0 Å². The van der Waals surface area contributed by atoms with Crippen LogP contribution in [-0.2, 0) is 10.8 Å². The second-order valence-corrected chi connectivity index (χ2v) is 6.11. The molecule has 0 N–H and O–H groups in total. The van der Waals surface area contributed by atoms with Gasteiger partial charge in [-0.1, -0.05) is 48.0 Å². The first kappa shape index (κ1) is 13.3. The maximum Gasteiger partial charge on any atom is 0.0779 e. The number of hydrogen-bond donors (Lipinski definition) is 0. The molecule has 94 valence electrons. The molecule has 0 fully saturated rings. The van der Waals surface area contributed by atoms with E-state index in [1.165, 1.54) is 0 Å². The molecule has 0 saturated heterocycles. The van der Waals surface area contributed by atoms with Gasteiger partial charge in [-0.05, 0) is 24.6 Å². The highest BCUT2D eigenvalue weighted by atomic mass is 35.5. The summed E-state index contributed by atoms with van der Waals surface area (Å²) in [5.74, 6) is 0.352. The van der Waals surface area contributed by atoms with Crippen LogP contribution in [0.25, 0.3) is 0 Å². The Morgan fingerprint density at radius 2 is 1.67 bits per heavy atom. The Kier molecular flexibility index (Phi) is 4.56. The summed E-state index contributed by atoms with van der Waals surface area (Å²) in [6, 6.07) is 17.6. The quantitative estimate of drug-likeness (QED) is 0.770. The normalized spacial score (nSPS) is 14.1. The highest BCUT2D eigenvalue weighted by Gasteiger charge is 2.19. The third-order valence-electron chi connectivity index (χ3n) is 2.82. The van der Waals surface area contributed by atoms with Gasteiger partial charge >= 0.3 is 0 Å². The minimum atomic E-state index is -1.11. The van der Waals surface area contributed by atoms with Gasteiger partial charge in [-0.3, -0.25) is 4.21 Å². The maximum absolute atomic E-state index is 12.5. The smallest absolute Gasteiger partial charge is 0.0779 e. The molecule has 0 aliphatic rings. The van der Waals surface area contributed by atoms with Gasteiger partial charge in [0.15, 0.2) is 0 Å². The van der Waals surface area contributed by atoms with Crippen LogP contribution < -0.4 is 0 Å². The first-order valence-electron chi connectivity index (χ1n) is 5.80. The lowest BCUT2D eigenvalue weighted by Crippen LogP contribution is -2.08. The molecule has 1 unspecified atom stereocenters. The van der Waals surface area contributed by atoms with E-state index in [2.05, 4.69) is 0 Å². The molecule has 0 aliphatic carbocycles. The van der Waals surface area contributed by atoms with Crippen LogP contribution in [0.4, 0.5) is 0 Å². The number of benzene rings is 2. The zero-order valence-electron chi connectivity index (χ0n) is 10.2. The van der Waals surface area contributed by atoms with Crippen LogP contribution in [-0.4, -0.2) is 10.1 Å². The second-order valence-electron chi connectivity index (χ2n) is 4.16. The number of rotatable bonds is 4. The molecule has 2 atom stereocenters. The molecule has 0 aromatic heterocycles. The average molecular weight is 279 g/mol. The van der Waals surface area contributed by atoms with Crippen molar-refractivity contribution in [1.82, 2.24) is 0 Å². The van der Waals surface area contributed by atoms with Crippen LogP contribution in [0, 0.1) is 6.92 Å². The van der Waals surface area contributed by atoms with E-state index in [0.717, 1.165) is 16.0 Å². The summed E-state index contributed by atoms with van der Waals surface area (Å²) in [4.78, 5) is 0.829. The second kappa shape index (κ2) is 6.17. The van der Waals surface area contributed by atoms with Crippen molar-refractivity contribution in [2.24, 2.45) is 0 Å². The van der Waals surface area contributed by atoms with E-state index in [4.69, 9.17) is 11.6 Å². The number of aryl methyl sites for hydroxylation is 1. The minimum Gasteiger partial charge on any atom is -0.254 e. The lowest BCUT2D eigenvalue weighted by molar-refractivity contribution is 0.676. The van der Waals surface area contributed by atoms with Gasteiger partial charge in [0.2, 0.25) is 0 Å². The molecule has 0 spiro atoms. The van der Waals surface area contributed by atoms with Crippen LogP contribution in [0.3, 0.4) is 0 Å². The lowest BCUT2D eigenvalue weighted by atomic mass is 10.2. The van der Waals surface area contributed by atoms with E-state index in [1.807, 2.05) is 61.5 Å². The summed E-state index contributed by atoms with van der Waals surface area (Å²) in [5, 5.41) is -0.157. The van der Waals surface area contributed by atoms with Crippen molar-refractivity contribution in [3.05, 3.63) is 65.7 Å². The van der Waals surface area contributed by atoms with Gasteiger partial charge in [0.25, 0.3) is 0 Å². The van der Waals surface area contributed by atoms with Gasteiger partial charge in [0.05, 0.1) is 16.0 Å². The molecule has 0 saturated carbocycles. The number of halogens is 1. The highest BCUT2D eigenvalue weighted by molar-refractivity contribution is 7.85. The Hall–Kier alpha value is -1.12. The molecule has 0 bridgehead atoms. The molecule has 18 heavy (non-hydrogen) atoms. The van der Waals surface area contributed by atoms with Crippen molar-refractivity contribution in [2.45, 2.75) is 17.1 Å². The predicted molar refractivity (Wildman–Crippen MR) is 77.5 cm³/mol. The molecule has 0 radical (unpaired) electrons. The summed E-state index contributed by atoms with van der Waals surface area (Å²) in [5.41, 5.74) is 2.18. The van der Waals surface area contributed by atoms with E-state index in [-0.39, 0.29) is 5.25 Å². The fourth-order valence-electron chi connectivity index (χ4n) is 1.77. The minimum absolute atomic E-state index is 0.157. The van der Waals surface area contributed by atoms with E-state index < -0.39 is 10.8 Å². The standard InChI is InChI=1S/C15H15ClOS/c1-12-7-9-14(10-8-12)18(17)15(11-16)13-5-3-2-4-6-13/h2-10,15H,11H2,1H3/t15-,18?/m0/s1. The average Bonchev–Trinajstić information content (AvgIpc) is 2.41. The predicted octanol–water partition coefficient (Wildman–Crippen LogP) is 4.08. The van der Waals surface area contributed by atoms with Crippen molar-refractivity contribution >= 4 is 22.4 Å². The van der Waals surface area contributed by atoms with Gasteiger partial charge in [0, 0.05) is 10.8 Å². The number of hydrogen-bond acceptors (Lipinski definition) is 1. The largest absolute Gasteiger partial charge is 0.254 e. The molecule has 2 aromatic carbocycles. The van der Waals surface area contributed by atoms with E-state index in [9.17, 15) is 4.21 Å². The Labute approximate surface area is 115 Å². The first-order valence-corrected chi connectivity index (χ1v) is 7.55. The van der Waals surface area contributed by atoms with Gasteiger partial charge in [-0.15, -0.1) is 11.6 Å². The monoisotopic (exact) mass is 278 g/mol. The Balaban J connectivity index is 2.28. The third kappa shape index (κ3) is 3.01. The zero-order chi connectivity index (χ0) is 13.0. The first-order chi connectivity index (χ1) is 8.72. The molecule has 3 heteroatoms. The molecule has 0 amide bonds. The van der Waals surface area contributed by atoms with Crippen LogP contribution in [0.1, 0.15) is 16.4 Å². The van der Waals surface area contributed by atoms with Crippen LogP contribution in [0.15, 0.2) is 59.5 Å². The van der Waals surface area contributed by atoms with Crippen LogP contribution in [0.5, 0.6) is 0 Å². The van der Waals surface area contributed by atoms with E-state index in [0.29, 0.717) is 5.88 Å². The molecule has 0 heterocycles. The summed E-state index contributed by atoms with van der Waals surface area (Å²) in [6.07, 6.45) is 0. The van der Waals surface area contributed by atoms with E-state index >= 15 is 0 Å². The topological polar surface area (TPSA) is 17.1 Å². The summed E-state index contributed by atoms with van der Waals surface area (Å²) < 4.78 is 12.5. The SMILES string of the molecule is Cc1ccc(S(=O)[C@@H](CCl)c2ccccc2)cc1. The zero-order valence-corrected chi connectivity index (χ0v) is 11.7. The summed E-state index contributed by atoms with van der Waals surface area (Å²) in [7, 11) is -1.11. The lowest BCUT2D eigenvalue weighted by Gasteiger charge is -2.14. The highest BCUT2D eigenvalue weighted by Crippen LogP contribution is 2.26. The van der Waals surface area contributed by atoms with Crippen LogP contribution >= 0.6 is 11.6 Å². The van der Waals surface area contributed by atoms with Crippen molar-refractivity contribution in [3.63, 3.8) is 0 Å². The number of alkyl halides is 1. The van der Waals surface area contributed by atoms with Crippen molar-refractivity contribution in [3.8, 4) is 0 Å². The van der Waals surface area contributed by atoms with Gasteiger partial charge < -0.3 is 0 Å². The fourth-order valence-corrected chi connectivity index (χ4v) is 3.55. The van der Waals surface area contributed by atoms with Crippen molar-refractivity contribution in [1.29, 1.82) is 0 Å². The Bertz CT molecular complexity index is 522. The Morgan fingerprint density at radius 1 is 1.06 bits per heavy atom. The molecular weight excluding hydrogens is 264 g/mol. The van der Waals surface area contributed by atoms with Crippen molar-refractivity contribution in [2.75, 3.05) is 5.88 Å². The van der Waals surface area contributed by atoms with Gasteiger partial charge in [0.1, 0.15) is 0 Å². The Morgan fingerprint density at radius 3 is 2.22 bits per heavy atom. The molecule has 0 aliphatic heterocycles. The van der Waals surface area contributed by atoms with E-state index in [1.54, 1.807) is 0 Å². The van der Waals surface area contributed by atoms with Gasteiger partial charge in [-0.25, -0.2) is 0 Å². The summed E-state index contributed by atoms with van der Waals surface area (Å²) >= 11 is 5.99. The third-order valence-corrected chi connectivity index (χ3v) is 5.01. The summed E-state index contributed by atoms with van der Waals surface area (Å²) in [6.45, 7) is 2.02. The molecule has 1 nitrogen and oxygen atoms in total. The molecular formula is C15H15ClOS. The molecule has 2 rings (SSSR count).